The lowest BCUT2D eigenvalue weighted by molar-refractivity contribution is -0.161. The second kappa shape index (κ2) is 66.0. The first-order valence-corrected chi connectivity index (χ1v) is 41.5. The van der Waals surface area contributed by atoms with Crippen molar-refractivity contribution >= 4 is 39.5 Å². The van der Waals surface area contributed by atoms with Crippen LogP contribution in [0.4, 0.5) is 0 Å². The van der Waals surface area contributed by atoms with Gasteiger partial charge in [0.25, 0.3) is 0 Å². The molecule has 5 atom stereocenters. The normalized spacial score (nSPS) is 14.1. The van der Waals surface area contributed by atoms with Crippen LogP contribution >= 0.6 is 15.6 Å². The molecule has 0 fully saturated rings. The first-order valence-electron chi connectivity index (χ1n) is 38.5. The van der Waals surface area contributed by atoms with E-state index in [1.54, 1.807) is 0 Å². The zero-order valence-corrected chi connectivity index (χ0v) is 62.3. The van der Waals surface area contributed by atoms with E-state index in [1.807, 2.05) is 0 Å². The van der Waals surface area contributed by atoms with Gasteiger partial charge < -0.3 is 33.8 Å². The summed E-state index contributed by atoms with van der Waals surface area (Å²) < 4.78 is 68.4. The van der Waals surface area contributed by atoms with Crippen LogP contribution < -0.4 is 0 Å². The zero-order chi connectivity index (χ0) is 68.6. The summed E-state index contributed by atoms with van der Waals surface area (Å²) in [4.78, 5) is 72.7. The van der Waals surface area contributed by atoms with E-state index >= 15 is 0 Å². The number of carbonyl (C=O) groups excluding carboxylic acids is 4. The third-order valence-electron chi connectivity index (χ3n) is 17.2. The molecule has 0 aromatic rings. The maximum absolute atomic E-state index is 13.1. The van der Waals surface area contributed by atoms with Crippen molar-refractivity contribution in [3.63, 3.8) is 0 Å². The lowest BCUT2D eigenvalue weighted by Crippen LogP contribution is -2.30. The van der Waals surface area contributed by atoms with Gasteiger partial charge in [-0.3, -0.25) is 37.3 Å². The van der Waals surface area contributed by atoms with Gasteiger partial charge in [0.15, 0.2) is 12.2 Å². The number of carbonyl (C=O) groups is 4. The Morgan fingerprint density at radius 1 is 0.290 bits per heavy atom. The summed E-state index contributed by atoms with van der Waals surface area (Å²) in [5, 5.41) is 10.6. The van der Waals surface area contributed by atoms with Gasteiger partial charge in [-0.25, -0.2) is 9.13 Å². The highest BCUT2D eigenvalue weighted by molar-refractivity contribution is 7.47. The van der Waals surface area contributed by atoms with Gasteiger partial charge in [-0.1, -0.05) is 330 Å². The van der Waals surface area contributed by atoms with Crippen LogP contribution in [0.15, 0.2) is 0 Å². The molecule has 0 aromatic carbocycles. The van der Waals surface area contributed by atoms with Crippen molar-refractivity contribution in [1.82, 2.24) is 0 Å². The number of rotatable bonds is 73. The van der Waals surface area contributed by atoms with Gasteiger partial charge in [0.05, 0.1) is 26.4 Å². The SMILES string of the molecule is CCCCCCCCCCCCCCCCCCC(=O)O[C@H](COC(=O)CCCCCCCCCCCCCCC(C)C)COP(=O)(O)OC[C@@H](O)COP(=O)(O)OC[C@@H](COC(=O)CCCCCCCCCC(C)C)OC(=O)CCCCCCCCCCCCCC. The van der Waals surface area contributed by atoms with Gasteiger partial charge in [-0.2, -0.15) is 0 Å². The Morgan fingerprint density at radius 3 is 0.731 bits per heavy atom. The van der Waals surface area contributed by atoms with Crippen molar-refractivity contribution in [1.29, 1.82) is 0 Å². The molecule has 0 saturated heterocycles. The Morgan fingerprint density at radius 2 is 0.495 bits per heavy atom. The van der Waals surface area contributed by atoms with Gasteiger partial charge in [0, 0.05) is 25.7 Å². The number of aliphatic hydroxyl groups is 1. The molecule has 0 spiro atoms. The van der Waals surface area contributed by atoms with Crippen molar-refractivity contribution in [2.75, 3.05) is 39.6 Å². The van der Waals surface area contributed by atoms with E-state index in [0.29, 0.717) is 31.6 Å². The van der Waals surface area contributed by atoms with E-state index in [0.717, 1.165) is 102 Å². The highest BCUT2D eigenvalue weighted by Gasteiger charge is 2.30. The Balaban J connectivity index is 5.25. The minimum Gasteiger partial charge on any atom is -0.462 e. The molecule has 0 heterocycles. The number of aliphatic hydroxyl groups excluding tert-OH is 1. The molecule has 0 amide bonds. The number of phosphoric acid groups is 2. The number of ether oxygens (including phenoxy) is 4. The molecule has 17 nitrogen and oxygen atoms in total. The Bertz CT molecular complexity index is 1800. The molecule has 0 bridgehead atoms. The molecule has 552 valence electrons. The van der Waals surface area contributed by atoms with Gasteiger partial charge in [0.2, 0.25) is 0 Å². The van der Waals surface area contributed by atoms with Crippen molar-refractivity contribution in [2.45, 2.75) is 400 Å². The summed E-state index contributed by atoms with van der Waals surface area (Å²) in [6.07, 6.45) is 52.7. The van der Waals surface area contributed by atoms with Crippen LogP contribution in [0.5, 0.6) is 0 Å². The van der Waals surface area contributed by atoms with Gasteiger partial charge in [-0.05, 0) is 37.5 Å². The van der Waals surface area contributed by atoms with E-state index < -0.39 is 97.5 Å². The second-order valence-electron chi connectivity index (χ2n) is 27.6. The van der Waals surface area contributed by atoms with E-state index in [9.17, 15) is 43.2 Å². The molecule has 0 rings (SSSR count). The van der Waals surface area contributed by atoms with Crippen LogP contribution in [0.1, 0.15) is 382 Å². The van der Waals surface area contributed by atoms with Crippen molar-refractivity contribution < 1.29 is 80.2 Å². The van der Waals surface area contributed by atoms with Crippen LogP contribution in [0.3, 0.4) is 0 Å². The van der Waals surface area contributed by atoms with Crippen LogP contribution in [0.25, 0.3) is 0 Å². The lowest BCUT2D eigenvalue weighted by atomic mass is 10.0. The highest BCUT2D eigenvalue weighted by atomic mass is 31.2. The molecule has 0 aromatic heterocycles. The molecule has 0 saturated carbocycles. The summed E-state index contributed by atoms with van der Waals surface area (Å²) in [7, 11) is -9.91. The van der Waals surface area contributed by atoms with Crippen LogP contribution in [0.2, 0.25) is 0 Å². The Hall–Kier alpha value is -1.94. The molecule has 0 aliphatic rings. The third-order valence-corrected chi connectivity index (χ3v) is 19.1. The molecule has 0 aliphatic carbocycles. The molecule has 0 radical (unpaired) electrons. The quantitative estimate of drug-likeness (QED) is 0.0222. The predicted molar refractivity (Wildman–Crippen MR) is 377 cm³/mol. The molecular weight excluding hydrogens is 1220 g/mol. The standard InChI is InChI=1S/C74H144O17P2/c1-7-9-11-13-15-17-19-21-22-23-24-30-34-40-47-53-59-74(79)90-69(62-84-71(76)56-50-44-38-32-29-26-25-27-31-36-42-48-54-66(3)4)64-88-92(80,81)86-60-68(75)61-87-93(82,83)89-65-70(63-85-72(77)57-51-45-41-35-37-43-49-55-67(5)6)91-73(78)58-52-46-39-33-28-20-18-16-14-12-10-8-2/h66-70,75H,7-65H2,1-6H3,(H,80,81)(H,82,83)/t68-,69-,70-/m1/s1. The molecule has 2 unspecified atom stereocenters. The van der Waals surface area contributed by atoms with Gasteiger partial charge >= 0.3 is 39.5 Å². The topological polar surface area (TPSA) is 237 Å². The zero-order valence-electron chi connectivity index (χ0n) is 60.6. The minimum absolute atomic E-state index is 0.107. The first kappa shape index (κ1) is 91.1. The van der Waals surface area contributed by atoms with Crippen LogP contribution in [0, 0.1) is 11.8 Å². The van der Waals surface area contributed by atoms with Crippen molar-refractivity contribution in [3.05, 3.63) is 0 Å². The van der Waals surface area contributed by atoms with E-state index in [-0.39, 0.29) is 25.7 Å². The Kier molecular flexibility index (Phi) is 64.6. The Labute approximate surface area is 568 Å². The van der Waals surface area contributed by atoms with E-state index in [4.69, 9.17) is 37.0 Å². The van der Waals surface area contributed by atoms with Gasteiger partial charge in [0.1, 0.15) is 19.3 Å². The second-order valence-corrected chi connectivity index (χ2v) is 30.5. The smallest absolute Gasteiger partial charge is 0.462 e. The van der Waals surface area contributed by atoms with Crippen LogP contribution in [-0.2, 0) is 65.4 Å². The summed E-state index contributed by atoms with van der Waals surface area (Å²) in [5.41, 5.74) is 0. The summed E-state index contributed by atoms with van der Waals surface area (Å²) >= 11 is 0. The number of hydrogen-bond donors (Lipinski definition) is 3. The number of hydrogen-bond acceptors (Lipinski definition) is 15. The fourth-order valence-electron chi connectivity index (χ4n) is 11.3. The third kappa shape index (κ3) is 68.4. The maximum atomic E-state index is 13.1. The summed E-state index contributed by atoms with van der Waals surface area (Å²) in [6.45, 7) is 9.54. The van der Waals surface area contributed by atoms with Crippen molar-refractivity contribution in [2.24, 2.45) is 11.8 Å². The minimum atomic E-state index is -4.96. The first-order chi connectivity index (χ1) is 44.9. The monoisotopic (exact) mass is 1370 g/mol. The summed E-state index contributed by atoms with van der Waals surface area (Å²) in [6, 6.07) is 0. The number of unbranched alkanes of at least 4 members (excludes halogenated alkanes) is 43. The number of phosphoric ester groups is 2. The van der Waals surface area contributed by atoms with E-state index in [1.165, 1.54) is 193 Å². The fraction of sp³-hybridized carbons (Fsp3) is 0.946. The predicted octanol–water partition coefficient (Wildman–Crippen LogP) is 21.6. The maximum Gasteiger partial charge on any atom is 0.472 e. The van der Waals surface area contributed by atoms with Crippen molar-refractivity contribution in [3.8, 4) is 0 Å². The largest absolute Gasteiger partial charge is 0.472 e. The average molecular weight is 1370 g/mol. The molecule has 19 heteroatoms. The van der Waals surface area contributed by atoms with Gasteiger partial charge in [-0.15, -0.1) is 0 Å². The fourth-order valence-corrected chi connectivity index (χ4v) is 12.9. The van der Waals surface area contributed by atoms with Crippen LogP contribution in [-0.4, -0.2) is 96.7 Å². The molecule has 3 N–H and O–H groups in total. The summed E-state index contributed by atoms with van der Waals surface area (Å²) in [5.74, 6) is -0.630. The molecular formula is C74H144O17P2. The molecule has 93 heavy (non-hydrogen) atoms. The average Bonchev–Trinajstić information content (AvgIpc) is 1.77. The molecule has 0 aliphatic heterocycles. The lowest BCUT2D eigenvalue weighted by Gasteiger charge is -2.21. The van der Waals surface area contributed by atoms with E-state index in [2.05, 4.69) is 41.5 Å². The number of esters is 4. The highest BCUT2D eigenvalue weighted by Crippen LogP contribution is 2.45.